The second-order valence-corrected chi connectivity index (χ2v) is 3.56. The lowest BCUT2D eigenvalue weighted by Gasteiger charge is -2.02. The number of aliphatic hydroxyl groups is 1. The highest BCUT2D eigenvalue weighted by Gasteiger charge is 2.12. The number of nitrogens with two attached hydrogens (primary N) is 1. The molecule has 1 aromatic heterocycles. The Morgan fingerprint density at radius 3 is 3.00 bits per heavy atom. The van der Waals surface area contributed by atoms with E-state index < -0.39 is 6.10 Å². The van der Waals surface area contributed by atoms with Crippen molar-refractivity contribution in [2.75, 3.05) is 13.7 Å². The molecule has 1 unspecified atom stereocenters. The first-order valence-electron chi connectivity index (χ1n) is 3.75. The van der Waals surface area contributed by atoms with Crippen molar-refractivity contribution in [1.29, 1.82) is 0 Å². The third-order valence-corrected chi connectivity index (χ3v) is 2.73. The first-order chi connectivity index (χ1) is 6.19. The third kappa shape index (κ3) is 2.27. The van der Waals surface area contributed by atoms with Crippen LogP contribution in [0.2, 0.25) is 0 Å². The maximum Gasteiger partial charge on any atom is 0.348 e. The number of esters is 1. The Labute approximate surface area is 79.9 Å². The van der Waals surface area contributed by atoms with Crippen molar-refractivity contribution < 1.29 is 14.6 Å². The highest BCUT2D eigenvalue weighted by Crippen LogP contribution is 2.22. The first-order valence-corrected chi connectivity index (χ1v) is 4.57. The van der Waals surface area contributed by atoms with Crippen molar-refractivity contribution in [2.24, 2.45) is 5.73 Å². The summed E-state index contributed by atoms with van der Waals surface area (Å²) in [6.07, 6.45) is -0.691. The molecule has 0 aliphatic carbocycles. The average molecular weight is 201 g/mol. The summed E-state index contributed by atoms with van der Waals surface area (Å²) in [5.41, 5.74) is 5.26. The van der Waals surface area contributed by atoms with Crippen LogP contribution in [-0.4, -0.2) is 24.7 Å². The molecule has 0 saturated carbocycles. The summed E-state index contributed by atoms with van der Waals surface area (Å²) in [5, 5.41) is 9.33. The van der Waals surface area contributed by atoms with Crippen LogP contribution in [0.3, 0.4) is 0 Å². The Morgan fingerprint density at radius 1 is 1.77 bits per heavy atom. The van der Waals surface area contributed by atoms with Crippen LogP contribution >= 0.6 is 11.3 Å². The van der Waals surface area contributed by atoms with Crippen molar-refractivity contribution in [3.05, 3.63) is 21.9 Å². The Hall–Kier alpha value is -0.910. The molecule has 1 aromatic rings. The largest absolute Gasteiger partial charge is 0.465 e. The molecule has 0 radical (unpaired) electrons. The molecule has 0 aliphatic heterocycles. The zero-order valence-electron chi connectivity index (χ0n) is 7.19. The lowest BCUT2D eigenvalue weighted by molar-refractivity contribution is 0.0606. The number of carbonyl (C=O) groups excluding carboxylic acids is 1. The molecule has 72 valence electrons. The van der Waals surface area contributed by atoms with E-state index in [1.165, 1.54) is 18.4 Å². The van der Waals surface area contributed by atoms with E-state index in [0.29, 0.717) is 9.75 Å². The number of hydrogen-bond acceptors (Lipinski definition) is 5. The van der Waals surface area contributed by atoms with Crippen LogP contribution in [0.15, 0.2) is 12.1 Å². The topological polar surface area (TPSA) is 72.5 Å². The van der Waals surface area contributed by atoms with Gasteiger partial charge in [0.2, 0.25) is 0 Å². The quantitative estimate of drug-likeness (QED) is 0.699. The predicted molar refractivity (Wildman–Crippen MR) is 49.7 cm³/mol. The summed E-state index contributed by atoms with van der Waals surface area (Å²) in [7, 11) is 1.32. The average Bonchev–Trinajstić information content (AvgIpc) is 2.64. The monoisotopic (exact) mass is 201 g/mol. The molecule has 1 atom stereocenters. The minimum atomic E-state index is -0.691. The number of carbonyl (C=O) groups is 1. The van der Waals surface area contributed by atoms with Gasteiger partial charge >= 0.3 is 5.97 Å². The Bertz CT molecular complexity index is 297. The van der Waals surface area contributed by atoms with Crippen molar-refractivity contribution in [2.45, 2.75) is 6.10 Å². The summed E-state index contributed by atoms with van der Waals surface area (Å²) in [4.78, 5) is 12.2. The van der Waals surface area contributed by atoms with Crippen molar-refractivity contribution >= 4 is 17.3 Å². The minimum absolute atomic E-state index is 0.154. The fourth-order valence-electron chi connectivity index (χ4n) is 0.858. The maximum atomic E-state index is 11.0. The van der Waals surface area contributed by atoms with E-state index in [-0.39, 0.29) is 12.5 Å². The molecule has 0 fully saturated rings. The van der Waals surface area contributed by atoms with Gasteiger partial charge in [-0.25, -0.2) is 4.79 Å². The van der Waals surface area contributed by atoms with Gasteiger partial charge in [-0.2, -0.15) is 0 Å². The molecule has 0 bridgehead atoms. The molecule has 1 heterocycles. The van der Waals surface area contributed by atoms with E-state index in [1.54, 1.807) is 12.1 Å². The van der Waals surface area contributed by atoms with Crippen LogP contribution < -0.4 is 5.73 Å². The second kappa shape index (κ2) is 4.36. The van der Waals surface area contributed by atoms with Gasteiger partial charge in [-0.1, -0.05) is 0 Å². The Morgan fingerprint density at radius 2 is 2.46 bits per heavy atom. The SMILES string of the molecule is COC(=O)c1ccc(C(O)CN)s1. The normalized spacial score (nSPS) is 12.5. The fraction of sp³-hybridized carbons (Fsp3) is 0.375. The van der Waals surface area contributed by atoms with Crippen LogP contribution in [0.1, 0.15) is 20.7 Å². The number of ether oxygens (including phenoxy) is 1. The zero-order chi connectivity index (χ0) is 9.84. The van der Waals surface area contributed by atoms with Crippen LogP contribution in [0.5, 0.6) is 0 Å². The molecular weight excluding hydrogens is 190 g/mol. The highest BCUT2D eigenvalue weighted by atomic mass is 32.1. The Kier molecular flexibility index (Phi) is 3.41. The van der Waals surface area contributed by atoms with E-state index in [9.17, 15) is 9.90 Å². The number of hydrogen-bond donors (Lipinski definition) is 2. The molecule has 13 heavy (non-hydrogen) atoms. The van der Waals surface area contributed by atoms with Gasteiger partial charge in [-0.15, -0.1) is 11.3 Å². The van der Waals surface area contributed by atoms with Crippen LogP contribution in [0, 0.1) is 0 Å². The summed E-state index contributed by atoms with van der Waals surface area (Å²) in [6.45, 7) is 0.154. The Balaban J connectivity index is 2.80. The minimum Gasteiger partial charge on any atom is -0.465 e. The standard InChI is InChI=1S/C8H11NO3S/c1-12-8(11)7-3-2-6(13-7)5(10)4-9/h2-3,5,10H,4,9H2,1H3. The van der Waals surface area contributed by atoms with Crippen molar-refractivity contribution in [3.8, 4) is 0 Å². The fourth-order valence-corrected chi connectivity index (χ4v) is 1.78. The zero-order valence-corrected chi connectivity index (χ0v) is 8.00. The second-order valence-electron chi connectivity index (χ2n) is 2.45. The molecule has 5 heteroatoms. The smallest absolute Gasteiger partial charge is 0.348 e. The predicted octanol–water partition coefficient (Wildman–Crippen LogP) is 0.527. The van der Waals surface area contributed by atoms with Crippen LogP contribution in [0.4, 0.5) is 0 Å². The molecule has 4 nitrogen and oxygen atoms in total. The molecule has 0 spiro atoms. The van der Waals surface area contributed by atoms with E-state index in [1.807, 2.05) is 0 Å². The highest BCUT2D eigenvalue weighted by molar-refractivity contribution is 7.14. The van der Waals surface area contributed by atoms with Crippen LogP contribution in [-0.2, 0) is 4.74 Å². The summed E-state index contributed by atoms with van der Waals surface area (Å²) in [5.74, 6) is -0.388. The van der Waals surface area contributed by atoms with E-state index >= 15 is 0 Å². The molecule has 0 aliphatic rings. The van der Waals surface area contributed by atoms with Gasteiger partial charge in [0, 0.05) is 11.4 Å². The molecule has 0 amide bonds. The van der Waals surface area contributed by atoms with E-state index in [0.717, 1.165) is 0 Å². The van der Waals surface area contributed by atoms with Gasteiger partial charge < -0.3 is 15.6 Å². The van der Waals surface area contributed by atoms with E-state index in [4.69, 9.17) is 5.73 Å². The van der Waals surface area contributed by atoms with Gasteiger partial charge in [-0.05, 0) is 12.1 Å². The van der Waals surface area contributed by atoms with Gasteiger partial charge in [0.25, 0.3) is 0 Å². The molecule has 0 saturated heterocycles. The molecule has 3 N–H and O–H groups in total. The lowest BCUT2D eigenvalue weighted by Crippen LogP contribution is -2.09. The first kappa shape index (κ1) is 10.2. The number of thiophene rings is 1. The van der Waals surface area contributed by atoms with Crippen LogP contribution in [0.25, 0.3) is 0 Å². The maximum absolute atomic E-state index is 11.0. The van der Waals surface area contributed by atoms with Gasteiger partial charge in [0.05, 0.1) is 7.11 Å². The molecular formula is C8H11NO3S. The summed E-state index contributed by atoms with van der Waals surface area (Å²) >= 11 is 1.19. The van der Waals surface area contributed by atoms with Gasteiger partial charge in [-0.3, -0.25) is 0 Å². The molecule has 0 aromatic carbocycles. The van der Waals surface area contributed by atoms with Crippen molar-refractivity contribution in [3.63, 3.8) is 0 Å². The van der Waals surface area contributed by atoms with Crippen molar-refractivity contribution in [1.82, 2.24) is 0 Å². The summed E-state index contributed by atoms with van der Waals surface area (Å²) in [6, 6.07) is 3.29. The third-order valence-electron chi connectivity index (χ3n) is 1.57. The number of methoxy groups -OCH3 is 1. The lowest BCUT2D eigenvalue weighted by atomic mass is 10.3. The summed E-state index contributed by atoms with van der Waals surface area (Å²) < 4.78 is 4.52. The number of aliphatic hydroxyl groups excluding tert-OH is 1. The van der Waals surface area contributed by atoms with Gasteiger partial charge in [0.1, 0.15) is 11.0 Å². The molecule has 1 rings (SSSR count). The number of rotatable bonds is 3. The van der Waals surface area contributed by atoms with Gasteiger partial charge in [0.15, 0.2) is 0 Å². The van der Waals surface area contributed by atoms with E-state index in [2.05, 4.69) is 4.74 Å².